The molecule has 0 spiro atoms. The van der Waals surface area contributed by atoms with Gasteiger partial charge in [-0.25, -0.2) is 0 Å². The molecule has 1 aromatic carbocycles. The van der Waals surface area contributed by atoms with E-state index in [9.17, 15) is 14.9 Å². The quantitative estimate of drug-likeness (QED) is 0.631. The topological polar surface area (TPSA) is 85.4 Å². The second-order valence-corrected chi connectivity index (χ2v) is 3.55. The van der Waals surface area contributed by atoms with Crippen molar-refractivity contribution in [1.82, 2.24) is 4.57 Å². The van der Waals surface area contributed by atoms with Crippen LogP contribution in [0.25, 0.3) is 10.9 Å². The van der Waals surface area contributed by atoms with Crippen molar-refractivity contribution in [3.05, 3.63) is 50.8 Å². The molecule has 0 aliphatic carbocycles. The molecule has 0 saturated carbocycles. The highest BCUT2D eigenvalue weighted by molar-refractivity contribution is 5.81. The number of aromatic nitrogens is 1. The molecule has 0 saturated heterocycles. The molecule has 0 aliphatic rings. The Labute approximate surface area is 95.9 Å². The van der Waals surface area contributed by atoms with Crippen LogP contribution < -0.4 is 5.56 Å². The number of fused-ring (bicyclic) bond motifs is 1. The Bertz CT molecular complexity index is 633. The SMILES string of the molecule is O=c1ccc2cc([N+](=O)[O-])ccc2n1CCO. The molecule has 1 aromatic heterocycles. The first-order valence-electron chi connectivity index (χ1n) is 5.02. The first kappa shape index (κ1) is 11.3. The van der Waals surface area contributed by atoms with Crippen molar-refractivity contribution in [1.29, 1.82) is 0 Å². The lowest BCUT2D eigenvalue weighted by atomic mass is 10.2. The van der Waals surface area contributed by atoms with Crippen LogP contribution in [0.15, 0.2) is 35.1 Å². The normalized spacial score (nSPS) is 10.6. The number of pyridine rings is 1. The number of aliphatic hydroxyl groups is 1. The van der Waals surface area contributed by atoms with Gasteiger partial charge in [-0.2, -0.15) is 0 Å². The number of nitrogens with zero attached hydrogens (tertiary/aromatic N) is 2. The molecule has 0 bridgehead atoms. The van der Waals surface area contributed by atoms with Crippen LogP contribution in [-0.4, -0.2) is 21.2 Å². The van der Waals surface area contributed by atoms with E-state index in [1.54, 1.807) is 6.07 Å². The van der Waals surface area contributed by atoms with Gasteiger partial charge in [0.25, 0.3) is 11.2 Å². The van der Waals surface area contributed by atoms with Crippen molar-refractivity contribution >= 4 is 16.6 Å². The fourth-order valence-corrected chi connectivity index (χ4v) is 1.74. The van der Waals surface area contributed by atoms with Crippen molar-refractivity contribution in [3.63, 3.8) is 0 Å². The molecule has 6 nitrogen and oxygen atoms in total. The number of hydrogen-bond donors (Lipinski definition) is 1. The molecular formula is C11H10N2O4. The molecule has 6 heteroatoms. The van der Waals surface area contributed by atoms with Gasteiger partial charge in [-0.1, -0.05) is 0 Å². The van der Waals surface area contributed by atoms with E-state index in [4.69, 9.17) is 5.11 Å². The van der Waals surface area contributed by atoms with Crippen molar-refractivity contribution in [2.75, 3.05) is 6.61 Å². The Hall–Kier alpha value is -2.21. The van der Waals surface area contributed by atoms with E-state index in [0.29, 0.717) is 10.9 Å². The lowest BCUT2D eigenvalue weighted by Crippen LogP contribution is -2.20. The Balaban J connectivity index is 2.70. The smallest absolute Gasteiger partial charge is 0.270 e. The van der Waals surface area contributed by atoms with Crippen molar-refractivity contribution in [3.8, 4) is 0 Å². The summed E-state index contributed by atoms with van der Waals surface area (Å²) >= 11 is 0. The average Bonchev–Trinajstić information content (AvgIpc) is 2.32. The van der Waals surface area contributed by atoms with Gasteiger partial charge in [0.15, 0.2) is 0 Å². The van der Waals surface area contributed by atoms with Crippen LogP contribution >= 0.6 is 0 Å². The van der Waals surface area contributed by atoms with E-state index in [2.05, 4.69) is 0 Å². The van der Waals surface area contributed by atoms with Gasteiger partial charge < -0.3 is 9.67 Å². The Kier molecular flexibility index (Phi) is 2.88. The van der Waals surface area contributed by atoms with Crippen LogP contribution in [0.1, 0.15) is 0 Å². The molecule has 0 atom stereocenters. The van der Waals surface area contributed by atoms with Crippen LogP contribution in [-0.2, 0) is 6.54 Å². The predicted octanol–water partition coefficient (Wildman–Crippen LogP) is 0.902. The molecular weight excluding hydrogens is 224 g/mol. The molecule has 2 rings (SSSR count). The number of hydrogen-bond acceptors (Lipinski definition) is 4. The minimum Gasteiger partial charge on any atom is -0.395 e. The highest BCUT2D eigenvalue weighted by atomic mass is 16.6. The first-order valence-corrected chi connectivity index (χ1v) is 5.02. The highest BCUT2D eigenvalue weighted by Crippen LogP contribution is 2.19. The summed E-state index contributed by atoms with van der Waals surface area (Å²) in [6.45, 7) is 0.0178. The van der Waals surface area contributed by atoms with Gasteiger partial charge in [-0.3, -0.25) is 14.9 Å². The average molecular weight is 234 g/mol. The second kappa shape index (κ2) is 4.34. The van der Waals surface area contributed by atoms with Crippen LogP contribution in [0.3, 0.4) is 0 Å². The lowest BCUT2D eigenvalue weighted by Gasteiger charge is -2.07. The summed E-state index contributed by atoms with van der Waals surface area (Å²) in [5, 5.41) is 20.1. The predicted molar refractivity (Wildman–Crippen MR) is 61.9 cm³/mol. The molecule has 0 aliphatic heterocycles. The fourth-order valence-electron chi connectivity index (χ4n) is 1.74. The molecule has 0 radical (unpaired) electrons. The minimum atomic E-state index is -0.485. The maximum absolute atomic E-state index is 11.6. The minimum absolute atomic E-state index is 0.0216. The third-order valence-corrected chi connectivity index (χ3v) is 2.51. The van der Waals surface area contributed by atoms with E-state index >= 15 is 0 Å². The van der Waals surface area contributed by atoms with Crippen LogP contribution in [0, 0.1) is 10.1 Å². The van der Waals surface area contributed by atoms with E-state index in [1.165, 1.54) is 28.8 Å². The molecule has 0 unspecified atom stereocenters. The van der Waals surface area contributed by atoms with Crippen LogP contribution in [0.4, 0.5) is 5.69 Å². The van der Waals surface area contributed by atoms with Gasteiger partial charge in [0, 0.05) is 30.1 Å². The maximum Gasteiger partial charge on any atom is 0.270 e. The largest absolute Gasteiger partial charge is 0.395 e. The Morgan fingerprint density at radius 3 is 2.71 bits per heavy atom. The molecule has 2 aromatic rings. The summed E-state index contributed by atoms with van der Waals surface area (Å²) in [7, 11) is 0. The Morgan fingerprint density at radius 1 is 1.29 bits per heavy atom. The van der Waals surface area contributed by atoms with Gasteiger partial charge >= 0.3 is 0 Å². The maximum atomic E-state index is 11.6. The second-order valence-electron chi connectivity index (χ2n) is 3.55. The summed E-state index contributed by atoms with van der Waals surface area (Å²) in [6, 6.07) is 7.14. The molecule has 1 heterocycles. The molecule has 0 amide bonds. The third-order valence-electron chi connectivity index (χ3n) is 2.51. The van der Waals surface area contributed by atoms with Crippen molar-refractivity contribution in [2.24, 2.45) is 0 Å². The number of nitro groups is 1. The van der Waals surface area contributed by atoms with E-state index in [1.807, 2.05) is 0 Å². The van der Waals surface area contributed by atoms with Gasteiger partial charge in [0.2, 0.25) is 0 Å². The fraction of sp³-hybridized carbons (Fsp3) is 0.182. The molecule has 88 valence electrons. The summed E-state index contributed by atoms with van der Waals surface area (Å²) < 4.78 is 1.39. The van der Waals surface area contributed by atoms with Gasteiger partial charge in [-0.05, 0) is 12.1 Å². The zero-order chi connectivity index (χ0) is 12.4. The van der Waals surface area contributed by atoms with Crippen molar-refractivity contribution in [2.45, 2.75) is 6.54 Å². The van der Waals surface area contributed by atoms with Crippen LogP contribution in [0.5, 0.6) is 0 Å². The van der Waals surface area contributed by atoms with Crippen molar-refractivity contribution < 1.29 is 10.0 Å². The Morgan fingerprint density at radius 2 is 2.06 bits per heavy atom. The van der Waals surface area contributed by atoms with Gasteiger partial charge in [-0.15, -0.1) is 0 Å². The zero-order valence-electron chi connectivity index (χ0n) is 8.87. The van der Waals surface area contributed by atoms with E-state index < -0.39 is 4.92 Å². The highest BCUT2D eigenvalue weighted by Gasteiger charge is 2.08. The monoisotopic (exact) mass is 234 g/mol. The number of non-ortho nitro benzene ring substituents is 1. The van der Waals surface area contributed by atoms with E-state index in [-0.39, 0.29) is 24.4 Å². The number of aliphatic hydroxyl groups excluding tert-OH is 1. The summed E-state index contributed by atoms with van der Waals surface area (Å²) in [5.41, 5.74) is 0.323. The molecule has 0 fully saturated rings. The zero-order valence-corrected chi connectivity index (χ0v) is 8.87. The number of nitro benzene ring substituents is 1. The summed E-state index contributed by atoms with van der Waals surface area (Å²) in [6.07, 6.45) is 0. The van der Waals surface area contributed by atoms with Gasteiger partial charge in [0.05, 0.1) is 17.0 Å². The van der Waals surface area contributed by atoms with E-state index in [0.717, 1.165) is 0 Å². The number of rotatable bonds is 3. The summed E-state index contributed by atoms with van der Waals surface area (Å²) in [4.78, 5) is 21.7. The van der Waals surface area contributed by atoms with Gasteiger partial charge in [0.1, 0.15) is 0 Å². The van der Waals surface area contributed by atoms with Crippen LogP contribution in [0.2, 0.25) is 0 Å². The standard InChI is InChI=1S/C11H10N2O4/c14-6-5-12-10-3-2-9(13(16)17)7-8(10)1-4-11(12)15/h1-4,7,14H,5-6H2. The first-order chi connectivity index (χ1) is 8.13. The molecule has 1 N–H and O–H groups in total. The number of benzene rings is 1. The molecule has 17 heavy (non-hydrogen) atoms. The summed E-state index contributed by atoms with van der Waals surface area (Å²) in [5.74, 6) is 0. The lowest BCUT2D eigenvalue weighted by molar-refractivity contribution is -0.384. The third kappa shape index (κ3) is 2.02.